The summed E-state index contributed by atoms with van der Waals surface area (Å²) in [5, 5.41) is 19.1. The van der Waals surface area contributed by atoms with Gasteiger partial charge in [0.2, 0.25) is 0 Å². The van der Waals surface area contributed by atoms with Gasteiger partial charge in [0.15, 0.2) is 11.0 Å². The van der Waals surface area contributed by atoms with Crippen molar-refractivity contribution in [2.45, 2.75) is 30.4 Å². The molecule has 1 saturated heterocycles. The van der Waals surface area contributed by atoms with Crippen LogP contribution >= 0.6 is 11.8 Å². The third-order valence-electron chi connectivity index (χ3n) is 5.09. The van der Waals surface area contributed by atoms with E-state index in [-0.39, 0.29) is 10.7 Å². The second-order valence-corrected chi connectivity index (χ2v) is 8.51. The summed E-state index contributed by atoms with van der Waals surface area (Å²) < 4.78 is 42.1. The molecule has 1 aliphatic heterocycles. The summed E-state index contributed by atoms with van der Waals surface area (Å²) in [6.45, 7) is 5.36. The van der Waals surface area contributed by atoms with Crippen molar-refractivity contribution in [3.63, 3.8) is 0 Å². The number of aromatic nitrogens is 3. The maximum atomic E-state index is 13.4. The number of thioether (sulfide) groups is 1. The van der Waals surface area contributed by atoms with Gasteiger partial charge in [-0.3, -0.25) is 14.8 Å². The maximum Gasteiger partial charge on any atom is 0.438 e. The molecule has 0 bridgehead atoms. The second-order valence-electron chi connectivity index (χ2n) is 7.57. The average molecular weight is 475 g/mol. The van der Waals surface area contributed by atoms with Gasteiger partial charge in [-0.2, -0.15) is 13.2 Å². The molecule has 7 nitrogen and oxygen atoms in total. The maximum absolute atomic E-state index is 13.4. The monoisotopic (exact) mass is 475 g/mol. The predicted octanol–water partition coefficient (Wildman–Crippen LogP) is 3.84. The van der Waals surface area contributed by atoms with Crippen LogP contribution in [-0.2, 0) is 4.79 Å². The van der Waals surface area contributed by atoms with Crippen LogP contribution in [0.5, 0.6) is 0 Å². The lowest BCUT2D eigenvalue weighted by Gasteiger charge is -2.33. The van der Waals surface area contributed by atoms with E-state index in [4.69, 9.17) is 0 Å². The Hall–Kier alpha value is -3.31. The zero-order valence-corrected chi connectivity index (χ0v) is 18.3. The van der Waals surface area contributed by atoms with Crippen molar-refractivity contribution < 1.29 is 23.1 Å². The van der Waals surface area contributed by atoms with E-state index in [1.807, 2.05) is 61.5 Å². The third-order valence-corrected chi connectivity index (χ3v) is 6.00. The molecule has 33 heavy (non-hydrogen) atoms. The van der Waals surface area contributed by atoms with E-state index in [0.717, 1.165) is 28.6 Å². The number of aliphatic hydroxyl groups is 1. The number of nitrogens with zero attached hydrogens (tertiary/aromatic N) is 4. The van der Waals surface area contributed by atoms with Gasteiger partial charge in [0, 0.05) is 23.4 Å². The molecule has 1 fully saturated rings. The van der Waals surface area contributed by atoms with Crippen molar-refractivity contribution >= 4 is 17.7 Å². The number of benzene rings is 2. The van der Waals surface area contributed by atoms with Crippen LogP contribution in [0.3, 0.4) is 0 Å². The van der Waals surface area contributed by atoms with E-state index >= 15 is 0 Å². The van der Waals surface area contributed by atoms with E-state index in [1.165, 1.54) is 0 Å². The quantitative estimate of drug-likeness (QED) is 0.546. The highest BCUT2D eigenvalue weighted by atomic mass is 32.2. The molecule has 2 N–H and O–H groups in total. The molecular weight excluding hydrogens is 455 g/mol. The molecule has 3 aromatic rings. The lowest BCUT2D eigenvalue weighted by atomic mass is 10.1. The van der Waals surface area contributed by atoms with Gasteiger partial charge in [-0.25, -0.2) is 5.01 Å². The average Bonchev–Trinajstić information content (AvgIpc) is 3.34. The van der Waals surface area contributed by atoms with Crippen molar-refractivity contribution in [3.05, 3.63) is 72.4 Å². The van der Waals surface area contributed by atoms with Crippen LogP contribution in [0, 0.1) is 6.92 Å². The molecule has 0 radical (unpaired) electrons. The number of hydrazine groups is 1. The molecule has 172 valence electrons. The first kappa shape index (κ1) is 22.9. The topological polar surface area (TPSA) is 83.3 Å². The van der Waals surface area contributed by atoms with Gasteiger partial charge in [0.1, 0.15) is 0 Å². The molecular formula is C22H20F3N5O2S. The van der Waals surface area contributed by atoms with Crippen molar-refractivity contribution in [3.8, 4) is 17.1 Å². The molecule has 0 saturated carbocycles. The molecule has 2 heterocycles. The summed E-state index contributed by atoms with van der Waals surface area (Å²) in [4.78, 5) is 12.7. The highest BCUT2D eigenvalue weighted by Gasteiger charge is 2.63. The summed E-state index contributed by atoms with van der Waals surface area (Å²) >= 11 is 0.919. The standard InChI is InChI=1S/C22H20F3N5O2S/c1-14-8-10-17(11-9-14)29-19(16-6-4-3-5-7-16)26-27-20(29)33-13-18(31)30-21(32,22(23,24)25)12-15(2)28-30/h3-11,28,32H,2,12-13H2,1H3/t21-/m0/s1. The normalized spacial score (nSPS) is 18.5. The summed E-state index contributed by atoms with van der Waals surface area (Å²) in [7, 11) is 0. The SMILES string of the molecule is C=C1C[C@](O)(C(F)(F)F)N(C(=O)CSc2nnc(-c3ccccc3)n2-c2ccc(C)cc2)N1. The van der Waals surface area contributed by atoms with E-state index < -0.39 is 30.0 Å². The predicted molar refractivity (Wildman–Crippen MR) is 117 cm³/mol. The van der Waals surface area contributed by atoms with Crippen molar-refractivity contribution in [2.75, 3.05) is 5.75 Å². The van der Waals surface area contributed by atoms with Crippen LogP contribution in [0.25, 0.3) is 17.1 Å². The van der Waals surface area contributed by atoms with Gasteiger partial charge < -0.3 is 5.11 Å². The number of hydrogen-bond donors (Lipinski definition) is 2. The minimum absolute atomic E-state index is 0.109. The number of aryl methyl sites for hydroxylation is 1. The zero-order valence-electron chi connectivity index (χ0n) is 17.5. The van der Waals surface area contributed by atoms with Crippen LogP contribution in [-0.4, -0.2) is 48.4 Å². The summed E-state index contributed by atoms with van der Waals surface area (Å²) in [5.74, 6) is -0.871. The van der Waals surface area contributed by atoms with Gasteiger partial charge in [-0.15, -0.1) is 10.2 Å². The number of alkyl halides is 3. The molecule has 1 atom stereocenters. The van der Waals surface area contributed by atoms with E-state index in [2.05, 4.69) is 22.2 Å². The van der Waals surface area contributed by atoms with Gasteiger partial charge >= 0.3 is 6.18 Å². The Morgan fingerprint density at radius 3 is 2.48 bits per heavy atom. The van der Waals surface area contributed by atoms with Crippen LogP contribution < -0.4 is 5.43 Å². The summed E-state index contributed by atoms with van der Waals surface area (Å²) in [6, 6.07) is 16.8. The fraction of sp³-hybridized carbons (Fsp3) is 0.227. The molecule has 2 aromatic carbocycles. The first-order chi connectivity index (χ1) is 15.6. The smallest absolute Gasteiger partial charge is 0.362 e. The first-order valence-corrected chi connectivity index (χ1v) is 10.9. The minimum atomic E-state index is -5.05. The second kappa shape index (κ2) is 8.56. The first-order valence-electron chi connectivity index (χ1n) is 9.87. The Labute approximate surface area is 191 Å². The molecule has 0 spiro atoms. The van der Waals surface area contributed by atoms with Crippen LogP contribution in [0.2, 0.25) is 0 Å². The van der Waals surface area contributed by atoms with Crippen molar-refractivity contribution in [1.29, 1.82) is 0 Å². The van der Waals surface area contributed by atoms with Crippen molar-refractivity contribution in [2.24, 2.45) is 0 Å². The van der Waals surface area contributed by atoms with Crippen LogP contribution in [0.15, 0.2) is 72.0 Å². The number of nitrogens with one attached hydrogen (secondary N) is 1. The number of halogens is 3. The Balaban J connectivity index is 1.64. The number of amides is 1. The molecule has 1 aliphatic rings. The fourth-order valence-corrected chi connectivity index (χ4v) is 4.22. The Bertz CT molecular complexity index is 1180. The largest absolute Gasteiger partial charge is 0.438 e. The third kappa shape index (κ3) is 4.33. The lowest BCUT2D eigenvalue weighted by molar-refractivity contribution is -0.304. The molecule has 1 amide bonds. The van der Waals surface area contributed by atoms with E-state index in [9.17, 15) is 23.1 Å². The van der Waals surface area contributed by atoms with Gasteiger partial charge in [0.05, 0.1) is 5.75 Å². The fourth-order valence-electron chi connectivity index (χ4n) is 3.42. The van der Waals surface area contributed by atoms with Crippen LogP contribution in [0.1, 0.15) is 12.0 Å². The molecule has 0 aliphatic carbocycles. The minimum Gasteiger partial charge on any atom is -0.362 e. The number of rotatable bonds is 5. The Morgan fingerprint density at radius 2 is 1.85 bits per heavy atom. The highest BCUT2D eigenvalue weighted by molar-refractivity contribution is 7.99. The summed E-state index contributed by atoms with van der Waals surface area (Å²) in [5.41, 5.74) is 1.33. The van der Waals surface area contributed by atoms with E-state index in [1.54, 1.807) is 4.57 Å². The van der Waals surface area contributed by atoms with Gasteiger partial charge in [-0.05, 0) is 19.1 Å². The molecule has 4 rings (SSSR count). The highest BCUT2D eigenvalue weighted by Crippen LogP contribution is 2.41. The lowest BCUT2D eigenvalue weighted by Crippen LogP contribution is -2.60. The number of hydrogen-bond acceptors (Lipinski definition) is 6. The van der Waals surface area contributed by atoms with Gasteiger partial charge in [-0.1, -0.05) is 66.4 Å². The van der Waals surface area contributed by atoms with Crippen LogP contribution in [0.4, 0.5) is 13.2 Å². The molecule has 0 unspecified atom stereocenters. The Morgan fingerprint density at radius 1 is 1.18 bits per heavy atom. The number of carbonyl (C=O) groups is 1. The van der Waals surface area contributed by atoms with E-state index in [0.29, 0.717) is 11.0 Å². The zero-order chi connectivity index (χ0) is 23.8. The Kier molecular flexibility index (Phi) is 5.93. The van der Waals surface area contributed by atoms with Crippen molar-refractivity contribution in [1.82, 2.24) is 25.2 Å². The number of carbonyl (C=O) groups excluding carboxylic acids is 1. The van der Waals surface area contributed by atoms with Gasteiger partial charge in [0.25, 0.3) is 11.6 Å². The molecule has 11 heteroatoms. The molecule has 1 aromatic heterocycles. The summed E-state index contributed by atoms with van der Waals surface area (Å²) in [6.07, 6.45) is -5.90.